The van der Waals surface area contributed by atoms with Gasteiger partial charge in [-0.1, -0.05) is 23.2 Å². The number of hydrogen-bond acceptors (Lipinski definition) is 2. The molecule has 1 rings (SSSR count). The smallest absolute Gasteiger partial charge is 0.387 e. The summed E-state index contributed by atoms with van der Waals surface area (Å²) >= 11 is 11.1. The van der Waals surface area contributed by atoms with Gasteiger partial charge in [-0.3, -0.25) is 0 Å². The molecule has 0 unspecified atom stereocenters. The Morgan fingerprint density at radius 1 is 1.31 bits per heavy atom. The van der Waals surface area contributed by atoms with Crippen LogP contribution in [0.1, 0.15) is 0 Å². The lowest BCUT2D eigenvalue weighted by molar-refractivity contribution is -0.0492. The van der Waals surface area contributed by atoms with Crippen LogP contribution in [0.3, 0.4) is 0 Å². The minimum absolute atomic E-state index is 0.0229. The van der Waals surface area contributed by atoms with Crippen LogP contribution in [0.25, 0.3) is 0 Å². The zero-order valence-corrected chi connectivity index (χ0v) is 7.74. The number of halogens is 4. The van der Waals surface area contributed by atoms with Crippen molar-refractivity contribution < 1.29 is 13.5 Å². The van der Waals surface area contributed by atoms with E-state index in [-0.39, 0.29) is 21.5 Å². The van der Waals surface area contributed by atoms with E-state index in [1.165, 1.54) is 12.1 Å². The lowest BCUT2D eigenvalue weighted by Crippen LogP contribution is -2.05. The molecule has 0 aliphatic carbocycles. The number of rotatable bonds is 2. The minimum atomic E-state index is -2.97. The molecule has 0 fully saturated rings. The summed E-state index contributed by atoms with van der Waals surface area (Å²) in [6, 6.07) is 2.74. The molecule has 0 aliphatic rings. The molecular formula is C7H5Cl2F2NO. The van der Waals surface area contributed by atoms with Crippen molar-refractivity contribution in [2.45, 2.75) is 6.61 Å². The van der Waals surface area contributed by atoms with Crippen molar-refractivity contribution in [1.29, 1.82) is 0 Å². The van der Waals surface area contributed by atoms with E-state index in [0.717, 1.165) is 0 Å². The number of benzene rings is 1. The van der Waals surface area contributed by atoms with Gasteiger partial charge in [-0.15, -0.1) is 0 Å². The number of anilines is 1. The summed E-state index contributed by atoms with van der Waals surface area (Å²) in [6.45, 7) is -2.97. The summed E-state index contributed by atoms with van der Waals surface area (Å²) in [5.74, 6) is -0.288. The first kappa shape index (κ1) is 10.3. The van der Waals surface area contributed by atoms with E-state index in [0.29, 0.717) is 0 Å². The second-order valence-electron chi connectivity index (χ2n) is 2.16. The molecule has 13 heavy (non-hydrogen) atoms. The number of hydrogen-bond donors (Lipinski definition) is 1. The molecule has 72 valence electrons. The molecule has 0 saturated carbocycles. The van der Waals surface area contributed by atoms with E-state index in [2.05, 4.69) is 4.74 Å². The normalized spacial score (nSPS) is 10.5. The van der Waals surface area contributed by atoms with Crippen LogP contribution in [0.15, 0.2) is 12.1 Å². The van der Waals surface area contributed by atoms with Crippen molar-refractivity contribution in [3.8, 4) is 5.75 Å². The van der Waals surface area contributed by atoms with Crippen molar-refractivity contribution in [3.63, 3.8) is 0 Å². The summed E-state index contributed by atoms with van der Waals surface area (Å²) in [7, 11) is 0. The van der Waals surface area contributed by atoms with Crippen LogP contribution in [0.4, 0.5) is 14.5 Å². The molecule has 2 N–H and O–H groups in total. The van der Waals surface area contributed by atoms with Gasteiger partial charge in [0.25, 0.3) is 0 Å². The topological polar surface area (TPSA) is 35.2 Å². The Hall–Kier alpha value is -0.740. The first-order valence-corrected chi connectivity index (χ1v) is 3.96. The van der Waals surface area contributed by atoms with E-state index in [9.17, 15) is 8.78 Å². The maximum Gasteiger partial charge on any atom is 0.387 e. The van der Waals surface area contributed by atoms with Gasteiger partial charge >= 0.3 is 6.61 Å². The molecule has 1 aromatic carbocycles. The fraction of sp³-hybridized carbons (Fsp3) is 0.143. The van der Waals surface area contributed by atoms with Crippen LogP contribution in [-0.2, 0) is 0 Å². The quantitative estimate of drug-likeness (QED) is 0.789. The van der Waals surface area contributed by atoms with Gasteiger partial charge in [0, 0.05) is 0 Å². The highest BCUT2D eigenvalue weighted by atomic mass is 35.5. The van der Waals surface area contributed by atoms with Gasteiger partial charge in [0.15, 0.2) is 5.75 Å². The van der Waals surface area contributed by atoms with Crippen LogP contribution >= 0.6 is 23.2 Å². The van der Waals surface area contributed by atoms with Gasteiger partial charge < -0.3 is 10.5 Å². The summed E-state index contributed by atoms with van der Waals surface area (Å²) < 4.78 is 27.7. The molecule has 0 amide bonds. The second kappa shape index (κ2) is 3.98. The maximum atomic E-state index is 11.8. The minimum Gasteiger partial charge on any atom is -0.431 e. The molecule has 0 bridgehead atoms. The third kappa shape index (κ3) is 2.35. The number of ether oxygens (including phenoxy) is 1. The second-order valence-corrected chi connectivity index (χ2v) is 2.94. The average molecular weight is 228 g/mol. The van der Waals surface area contributed by atoms with Crippen LogP contribution in [0.2, 0.25) is 10.0 Å². The third-order valence-corrected chi connectivity index (χ3v) is 2.07. The Bertz CT molecular complexity index is 320. The van der Waals surface area contributed by atoms with Crippen LogP contribution in [0, 0.1) is 0 Å². The summed E-state index contributed by atoms with van der Waals surface area (Å²) in [5, 5.41) is 0.00785. The highest BCUT2D eigenvalue weighted by Gasteiger charge is 2.14. The molecule has 0 saturated heterocycles. The van der Waals surface area contributed by atoms with Gasteiger partial charge in [-0.2, -0.15) is 8.78 Å². The standard InChI is InChI=1S/C7H5Cl2F2NO/c8-3-1-2-4(12)6(5(3)9)13-7(10)11/h1-2,7H,12H2. The average Bonchev–Trinajstić information content (AvgIpc) is 2.05. The lowest BCUT2D eigenvalue weighted by atomic mass is 10.3. The van der Waals surface area contributed by atoms with Gasteiger partial charge in [0.2, 0.25) is 0 Å². The molecule has 0 atom stereocenters. The van der Waals surface area contributed by atoms with Gasteiger partial charge in [0.05, 0.1) is 10.7 Å². The first-order chi connectivity index (χ1) is 6.02. The molecule has 6 heteroatoms. The predicted molar refractivity (Wildman–Crippen MR) is 47.5 cm³/mol. The van der Waals surface area contributed by atoms with Crippen LogP contribution in [0.5, 0.6) is 5.75 Å². The van der Waals surface area contributed by atoms with Crippen molar-refractivity contribution in [2.75, 3.05) is 5.73 Å². The van der Waals surface area contributed by atoms with Crippen LogP contribution < -0.4 is 10.5 Å². The molecule has 2 nitrogen and oxygen atoms in total. The monoisotopic (exact) mass is 227 g/mol. The molecule has 0 spiro atoms. The van der Waals surface area contributed by atoms with E-state index >= 15 is 0 Å². The summed E-state index contributed by atoms with van der Waals surface area (Å²) in [5.41, 5.74) is 5.36. The maximum absolute atomic E-state index is 11.8. The predicted octanol–water partition coefficient (Wildman–Crippen LogP) is 3.18. The summed E-state index contributed by atoms with van der Waals surface area (Å²) in [4.78, 5) is 0. The van der Waals surface area contributed by atoms with E-state index in [1.54, 1.807) is 0 Å². The van der Waals surface area contributed by atoms with E-state index in [4.69, 9.17) is 28.9 Å². The highest BCUT2D eigenvalue weighted by Crippen LogP contribution is 2.37. The molecule has 1 aromatic rings. The van der Waals surface area contributed by atoms with Crippen LogP contribution in [-0.4, -0.2) is 6.61 Å². The number of nitrogens with two attached hydrogens (primary N) is 1. The van der Waals surface area contributed by atoms with E-state index < -0.39 is 6.61 Å². The largest absolute Gasteiger partial charge is 0.431 e. The van der Waals surface area contributed by atoms with Gasteiger partial charge in [-0.05, 0) is 12.1 Å². The molecular weight excluding hydrogens is 223 g/mol. The Morgan fingerprint density at radius 2 is 1.92 bits per heavy atom. The molecule has 0 aromatic heterocycles. The highest BCUT2D eigenvalue weighted by molar-refractivity contribution is 6.43. The van der Waals surface area contributed by atoms with Gasteiger partial charge in [-0.25, -0.2) is 0 Å². The van der Waals surface area contributed by atoms with Crippen molar-refractivity contribution in [2.24, 2.45) is 0 Å². The zero-order valence-electron chi connectivity index (χ0n) is 6.23. The van der Waals surface area contributed by atoms with E-state index in [1.807, 2.05) is 0 Å². The Labute approximate surface area is 83.2 Å². The molecule has 0 heterocycles. The van der Waals surface area contributed by atoms with Crippen molar-refractivity contribution in [1.82, 2.24) is 0 Å². The molecule has 0 aliphatic heterocycles. The number of nitrogen functional groups attached to an aromatic ring is 1. The lowest BCUT2D eigenvalue weighted by Gasteiger charge is -2.09. The van der Waals surface area contributed by atoms with Gasteiger partial charge in [0.1, 0.15) is 5.02 Å². The Kier molecular flexibility index (Phi) is 3.17. The Balaban J connectivity index is 3.10. The fourth-order valence-corrected chi connectivity index (χ4v) is 1.12. The van der Waals surface area contributed by atoms with Crippen molar-refractivity contribution >= 4 is 28.9 Å². The SMILES string of the molecule is Nc1ccc(Cl)c(Cl)c1OC(F)F. The third-order valence-electron chi connectivity index (χ3n) is 1.29. The molecule has 0 radical (unpaired) electrons. The first-order valence-electron chi connectivity index (χ1n) is 3.20. The Morgan fingerprint density at radius 3 is 2.46 bits per heavy atom. The number of alkyl halides is 2. The fourth-order valence-electron chi connectivity index (χ4n) is 0.756. The van der Waals surface area contributed by atoms with Crippen molar-refractivity contribution in [3.05, 3.63) is 22.2 Å². The zero-order chi connectivity index (χ0) is 10.0. The summed E-state index contributed by atoms with van der Waals surface area (Å²) in [6.07, 6.45) is 0.